The zero-order valence-electron chi connectivity index (χ0n) is 13.0. The van der Waals surface area contributed by atoms with Crippen molar-refractivity contribution >= 4 is 72.0 Å². The number of benzene rings is 1. The van der Waals surface area contributed by atoms with Gasteiger partial charge in [0.15, 0.2) is 10.1 Å². The minimum Gasteiger partial charge on any atom is -0.297 e. The van der Waals surface area contributed by atoms with Crippen molar-refractivity contribution in [3.63, 3.8) is 0 Å². The average Bonchev–Trinajstić information content (AvgIpc) is 3.36. The molecule has 0 fully saturated rings. The normalized spacial score (nSPS) is 11.4. The number of anilines is 1. The topological polar surface area (TPSA) is 59.3 Å². The van der Waals surface area contributed by atoms with Gasteiger partial charge in [-0.2, -0.15) is 0 Å². The number of amides is 1. The maximum atomic E-state index is 12.6. The van der Waals surface area contributed by atoms with E-state index in [1.807, 2.05) is 51.7 Å². The lowest BCUT2D eigenvalue weighted by Crippen LogP contribution is -2.09. The summed E-state index contributed by atoms with van der Waals surface area (Å²) in [5, 5.41) is 8.01. The first-order valence-corrected chi connectivity index (χ1v) is 10.5. The van der Waals surface area contributed by atoms with Crippen LogP contribution in [0, 0.1) is 0 Å². The van der Waals surface area contributed by atoms with E-state index in [9.17, 15) is 4.79 Å². The van der Waals surface area contributed by atoms with Crippen molar-refractivity contribution in [1.82, 2.24) is 14.4 Å². The smallest absolute Gasteiger partial charge is 0.267 e. The number of thiophene rings is 1. The van der Waals surface area contributed by atoms with Gasteiger partial charge >= 0.3 is 0 Å². The fourth-order valence-electron chi connectivity index (χ4n) is 2.60. The highest BCUT2D eigenvalue weighted by Gasteiger charge is 2.16. The summed E-state index contributed by atoms with van der Waals surface area (Å²) >= 11 is 10.3. The number of hydrogen-bond donors (Lipinski definition) is 1. The van der Waals surface area contributed by atoms with Crippen LogP contribution in [0.1, 0.15) is 9.67 Å². The number of halogens is 1. The molecule has 1 amide bonds. The number of aromatic nitrogens is 3. The Bertz CT molecular complexity index is 1250. The summed E-state index contributed by atoms with van der Waals surface area (Å²) in [6.45, 7) is 0. The molecule has 0 bridgehead atoms. The first kappa shape index (κ1) is 16.0. The Morgan fingerprint density at radius 1 is 1.15 bits per heavy atom. The summed E-state index contributed by atoms with van der Waals surface area (Å²) in [6, 6.07) is 9.33. The summed E-state index contributed by atoms with van der Waals surface area (Å²) < 4.78 is 2.00. The second-order valence-corrected chi connectivity index (χ2v) is 8.67. The first-order valence-electron chi connectivity index (χ1n) is 7.55. The van der Waals surface area contributed by atoms with Crippen molar-refractivity contribution in [2.24, 2.45) is 0 Å². The molecule has 5 nitrogen and oxygen atoms in total. The van der Waals surface area contributed by atoms with Crippen LogP contribution in [0.15, 0.2) is 47.3 Å². The Morgan fingerprint density at radius 3 is 2.85 bits per heavy atom. The van der Waals surface area contributed by atoms with E-state index in [4.69, 9.17) is 11.6 Å². The highest BCUT2D eigenvalue weighted by Crippen LogP contribution is 2.30. The third-order valence-corrected chi connectivity index (χ3v) is 6.61. The Balaban J connectivity index is 1.39. The van der Waals surface area contributed by atoms with Crippen LogP contribution in [0.3, 0.4) is 0 Å². The number of carbonyl (C=O) groups excluding carboxylic acids is 1. The van der Waals surface area contributed by atoms with Gasteiger partial charge in [-0.15, -0.1) is 34.0 Å². The molecule has 0 radical (unpaired) electrons. The van der Waals surface area contributed by atoms with Crippen molar-refractivity contribution < 1.29 is 4.79 Å². The molecular weight excluding hydrogens is 408 g/mol. The highest BCUT2D eigenvalue weighted by atomic mass is 35.5. The van der Waals surface area contributed by atoms with Gasteiger partial charge in [0, 0.05) is 27.5 Å². The molecule has 0 aliphatic rings. The molecule has 0 atom stereocenters. The number of fused-ring (bicyclic) bond motifs is 3. The Morgan fingerprint density at radius 2 is 2.00 bits per heavy atom. The third-order valence-electron chi connectivity index (χ3n) is 3.83. The van der Waals surface area contributed by atoms with E-state index in [2.05, 4.69) is 15.3 Å². The van der Waals surface area contributed by atoms with Gasteiger partial charge in [0.25, 0.3) is 5.91 Å². The lowest BCUT2D eigenvalue weighted by molar-refractivity contribution is 0.103. The van der Waals surface area contributed by atoms with E-state index in [-0.39, 0.29) is 5.91 Å². The van der Waals surface area contributed by atoms with E-state index >= 15 is 0 Å². The van der Waals surface area contributed by atoms with Crippen LogP contribution < -0.4 is 5.32 Å². The van der Waals surface area contributed by atoms with Gasteiger partial charge in [-0.25, -0.2) is 9.97 Å². The summed E-state index contributed by atoms with van der Waals surface area (Å²) in [4.78, 5) is 24.0. The van der Waals surface area contributed by atoms with Crippen LogP contribution in [0.25, 0.3) is 26.6 Å². The fourth-order valence-corrected chi connectivity index (χ4v) is 5.14. The van der Waals surface area contributed by atoms with Gasteiger partial charge in [0.1, 0.15) is 4.83 Å². The third kappa shape index (κ3) is 2.71. The molecule has 1 N–H and O–H groups in total. The predicted molar refractivity (Wildman–Crippen MR) is 109 cm³/mol. The van der Waals surface area contributed by atoms with E-state index in [1.165, 1.54) is 22.7 Å². The molecule has 4 heterocycles. The van der Waals surface area contributed by atoms with Crippen LogP contribution >= 0.6 is 45.6 Å². The van der Waals surface area contributed by atoms with Crippen molar-refractivity contribution in [3.05, 3.63) is 57.2 Å². The van der Waals surface area contributed by atoms with Crippen molar-refractivity contribution in [1.29, 1.82) is 0 Å². The van der Waals surface area contributed by atoms with Crippen molar-refractivity contribution in [2.45, 2.75) is 0 Å². The maximum absolute atomic E-state index is 12.6. The molecule has 0 spiro atoms. The number of rotatable bonds is 3. The van der Waals surface area contributed by atoms with Crippen LogP contribution in [0.4, 0.5) is 5.13 Å². The lowest BCUT2D eigenvalue weighted by Gasteiger charge is -1.98. The van der Waals surface area contributed by atoms with E-state index < -0.39 is 0 Å². The molecule has 5 aromatic rings. The van der Waals surface area contributed by atoms with Crippen LogP contribution in [-0.4, -0.2) is 20.3 Å². The number of carbonyl (C=O) groups is 1. The van der Waals surface area contributed by atoms with E-state index in [0.29, 0.717) is 15.0 Å². The molecule has 5 rings (SSSR count). The number of nitrogens with zero attached hydrogens (tertiary/aromatic N) is 3. The molecule has 0 aliphatic heterocycles. The summed E-state index contributed by atoms with van der Waals surface area (Å²) in [5.41, 5.74) is 2.72. The quantitative estimate of drug-likeness (QED) is 0.414. The SMILES string of the molecule is O=C(Nc1nc(-c2ccc(Cl)cc2)cs1)c1cc2c(nc3sccn32)s1. The van der Waals surface area contributed by atoms with Gasteiger partial charge < -0.3 is 0 Å². The van der Waals surface area contributed by atoms with Gasteiger partial charge in [0.05, 0.1) is 16.1 Å². The molecule has 4 aromatic heterocycles. The molecule has 1 aromatic carbocycles. The number of nitrogens with one attached hydrogen (secondary N) is 1. The van der Waals surface area contributed by atoms with Gasteiger partial charge in [0.2, 0.25) is 0 Å². The minimum atomic E-state index is -0.172. The monoisotopic (exact) mass is 416 g/mol. The van der Waals surface area contributed by atoms with Gasteiger partial charge in [-0.3, -0.25) is 14.5 Å². The largest absolute Gasteiger partial charge is 0.297 e. The molecule has 26 heavy (non-hydrogen) atoms. The van der Waals surface area contributed by atoms with E-state index in [0.717, 1.165) is 26.6 Å². The Labute approximate surface area is 164 Å². The van der Waals surface area contributed by atoms with Gasteiger partial charge in [-0.05, 0) is 18.2 Å². The average molecular weight is 417 g/mol. The predicted octanol–water partition coefficient (Wildman–Crippen LogP) is 5.64. The summed E-state index contributed by atoms with van der Waals surface area (Å²) in [6.07, 6.45) is 1.96. The van der Waals surface area contributed by atoms with E-state index in [1.54, 1.807) is 11.3 Å². The lowest BCUT2D eigenvalue weighted by atomic mass is 10.2. The second kappa shape index (κ2) is 6.17. The summed E-state index contributed by atoms with van der Waals surface area (Å²) in [7, 11) is 0. The molecule has 0 saturated carbocycles. The number of thiazole rings is 2. The number of imidazole rings is 1. The zero-order valence-corrected chi connectivity index (χ0v) is 16.2. The molecule has 0 aliphatic carbocycles. The Hall–Kier alpha value is -2.26. The number of hydrogen-bond acceptors (Lipinski definition) is 6. The van der Waals surface area contributed by atoms with Crippen LogP contribution in [0.2, 0.25) is 5.02 Å². The summed E-state index contributed by atoms with van der Waals surface area (Å²) in [5.74, 6) is -0.172. The van der Waals surface area contributed by atoms with Crippen molar-refractivity contribution in [2.75, 3.05) is 5.32 Å². The molecule has 128 valence electrons. The standard InChI is InChI=1S/C17H9ClN4OS3/c18-10-3-1-9(2-4-10)11-8-25-16(19-11)20-14(23)13-7-12-15(26-13)21-17-22(12)5-6-24-17/h1-8H,(H,19,20,23). The molecule has 9 heteroatoms. The first-order chi connectivity index (χ1) is 12.7. The zero-order chi connectivity index (χ0) is 17.7. The second-order valence-electron chi connectivity index (χ2n) is 5.47. The van der Waals surface area contributed by atoms with Crippen LogP contribution in [-0.2, 0) is 0 Å². The van der Waals surface area contributed by atoms with Gasteiger partial charge in [-0.1, -0.05) is 23.7 Å². The molecular formula is C17H9ClN4OS3. The fraction of sp³-hybridized carbons (Fsp3) is 0. The Kier molecular flexibility index (Phi) is 3.79. The molecule has 0 unspecified atom stereocenters. The maximum Gasteiger partial charge on any atom is 0.267 e. The minimum absolute atomic E-state index is 0.172. The molecule has 0 saturated heterocycles. The highest BCUT2D eigenvalue weighted by molar-refractivity contribution is 7.21. The van der Waals surface area contributed by atoms with Crippen molar-refractivity contribution in [3.8, 4) is 11.3 Å². The van der Waals surface area contributed by atoms with Crippen LogP contribution in [0.5, 0.6) is 0 Å².